The minimum Gasteiger partial charge on any atom is -0.511 e. The quantitative estimate of drug-likeness (QED) is 0.638. The highest BCUT2D eigenvalue weighted by Crippen LogP contribution is 2.32. The Labute approximate surface area is 75.8 Å². The summed E-state index contributed by atoms with van der Waals surface area (Å²) in [6.07, 6.45) is 2.14. The van der Waals surface area contributed by atoms with Gasteiger partial charge >= 0.3 is 5.97 Å². The van der Waals surface area contributed by atoms with Crippen LogP contribution in [0, 0.1) is 0 Å². The predicted octanol–water partition coefficient (Wildman–Crippen LogP) is 1.84. The van der Waals surface area contributed by atoms with Crippen LogP contribution in [0.5, 0.6) is 0 Å². The molecule has 0 atom stereocenters. The van der Waals surface area contributed by atoms with Crippen molar-refractivity contribution in [2.75, 3.05) is 6.26 Å². The van der Waals surface area contributed by atoms with Crippen LogP contribution >= 0.6 is 11.8 Å². The van der Waals surface area contributed by atoms with Gasteiger partial charge in [0.1, 0.15) is 16.3 Å². The number of cyclic esters (lactones) is 1. The van der Waals surface area contributed by atoms with E-state index in [1.54, 1.807) is 20.1 Å². The third-order valence-corrected chi connectivity index (χ3v) is 2.42. The number of carbonyl (C=O) groups is 1. The van der Waals surface area contributed by atoms with Crippen molar-refractivity contribution < 1.29 is 14.6 Å². The molecule has 4 heteroatoms. The van der Waals surface area contributed by atoms with Crippen molar-refractivity contribution in [2.45, 2.75) is 25.9 Å². The van der Waals surface area contributed by atoms with Crippen molar-refractivity contribution in [1.82, 2.24) is 0 Å². The third kappa shape index (κ3) is 1.75. The number of esters is 1. The van der Waals surface area contributed by atoms with Crippen molar-refractivity contribution in [3.63, 3.8) is 0 Å². The Kier molecular flexibility index (Phi) is 2.37. The van der Waals surface area contributed by atoms with E-state index in [1.165, 1.54) is 11.8 Å². The maximum absolute atomic E-state index is 11.2. The molecule has 0 radical (unpaired) electrons. The molecule has 0 spiro atoms. The minimum absolute atomic E-state index is 0.142. The molecule has 1 aliphatic rings. The molecular formula is C8H12O3S. The zero-order chi connectivity index (χ0) is 9.35. The van der Waals surface area contributed by atoms with Crippen molar-refractivity contribution in [3.05, 3.63) is 10.7 Å². The standard InChI is InChI=1S/C8H12O3S/c1-8(2)4-5(9)6(12-3)7(10)11-8/h9H,4H2,1-3H3. The molecule has 3 nitrogen and oxygen atoms in total. The van der Waals surface area contributed by atoms with Crippen molar-refractivity contribution in [3.8, 4) is 0 Å². The zero-order valence-corrected chi connectivity index (χ0v) is 8.20. The van der Waals surface area contributed by atoms with Crippen LogP contribution in [0.2, 0.25) is 0 Å². The second-order valence-corrected chi connectivity index (χ2v) is 4.12. The first kappa shape index (κ1) is 9.45. The van der Waals surface area contributed by atoms with Gasteiger partial charge in [0.15, 0.2) is 0 Å². The van der Waals surface area contributed by atoms with E-state index in [-0.39, 0.29) is 5.76 Å². The Balaban J connectivity index is 2.95. The number of carbonyl (C=O) groups excluding carboxylic acids is 1. The highest BCUT2D eigenvalue weighted by molar-refractivity contribution is 8.03. The predicted molar refractivity (Wildman–Crippen MR) is 48.0 cm³/mol. The fraction of sp³-hybridized carbons (Fsp3) is 0.625. The van der Waals surface area contributed by atoms with Gasteiger partial charge in [0.25, 0.3) is 0 Å². The largest absolute Gasteiger partial charge is 0.511 e. The van der Waals surface area contributed by atoms with Crippen molar-refractivity contribution in [2.24, 2.45) is 0 Å². The monoisotopic (exact) mass is 188 g/mol. The average molecular weight is 188 g/mol. The first-order valence-corrected chi connectivity index (χ1v) is 4.88. The summed E-state index contributed by atoms with van der Waals surface area (Å²) in [5.41, 5.74) is -0.569. The van der Waals surface area contributed by atoms with Crippen LogP contribution in [-0.2, 0) is 9.53 Å². The maximum atomic E-state index is 11.2. The number of thioether (sulfide) groups is 1. The molecule has 0 bridgehead atoms. The van der Waals surface area contributed by atoms with Gasteiger partial charge in [0, 0.05) is 6.42 Å². The third-order valence-electron chi connectivity index (χ3n) is 1.61. The van der Waals surface area contributed by atoms with Gasteiger partial charge in [-0.05, 0) is 20.1 Å². The lowest BCUT2D eigenvalue weighted by atomic mass is 10.0. The molecule has 1 aliphatic heterocycles. The van der Waals surface area contributed by atoms with E-state index in [1.807, 2.05) is 0 Å². The molecule has 0 saturated carbocycles. The van der Waals surface area contributed by atoms with Gasteiger partial charge in [-0.3, -0.25) is 0 Å². The first-order valence-electron chi connectivity index (χ1n) is 3.66. The van der Waals surface area contributed by atoms with E-state index < -0.39 is 11.6 Å². The Morgan fingerprint density at radius 1 is 1.58 bits per heavy atom. The molecule has 0 fully saturated rings. The SMILES string of the molecule is CSC1=C(O)CC(C)(C)OC1=O. The van der Waals surface area contributed by atoms with Crippen LogP contribution in [0.15, 0.2) is 10.7 Å². The Bertz CT molecular complexity index is 243. The molecule has 1 heterocycles. The molecule has 0 aliphatic carbocycles. The van der Waals surface area contributed by atoms with Crippen LogP contribution in [0.3, 0.4) is 0 Å². The van der Waals surface area contributed by atoms with E-state index in [9.17, 15) is 9.90 Å². The number of aliphatic hydroxyl groups is 1. The molecule has 0 amide bonds. The molecule has 68 valence electrons. The van der Waals surface area contributed by atoms with Gasteiger partial charge in [-0.25, -0.2) is 4.79 Å². The van der Waals surface area contributed by atoms with E-state index in [2.05, 4.69) is 0 Å². The molecule has 12 heavy (non-hydrogen) atoms. The summed E-state index contributed by atoms with van der Waals surface area (Å²) in [5.74, 6) is -0.278. The maximum Gasteiger partial charge on any atom is 0.348 e. The summed E-state index contributed by atoms with van der Waals surface area (Å²) in [5, 5.41) is 9.43. The smallest absolute Gasteiger partial charge is 0.348 e. The van der Waals surface area contributed by atoms with Crippen LogP contribution in [0.25, 0.3) is 0 Å². The van der Waals surface area contributed by atoms with Gasteiger partial charge in [-0.2, -0.15) is 0 Å². The van der Waals surface area contributed by atoms with Gasteiger partial charge in [0.2, 0.25) is 0 Å². The second-order valence-electron chi connectivity index (χ2n) is 3.31. The molecular weight excluding hydrogens is 176 g/mol. The topological polar surface area (TPSA) is 46.5 Å². The number of rotatable bonds is 1. The lowest BCUT2D eigenvalue weighted by Gasteiger charge is -2.29. The lowest BCUT2D eigenvalue weighted by molar-refractivity contribution is -0.153. The normalized spacial score (nSPS) is 22.4. The van der Waals surface area contributed by atoms with Crippen molar-refractivity contribution in [1.29, 1.82) is 0 Å². The first-order chi connectivity index (χ1) is 5.46. The van der Waals surface area contributed by atoms with Gasteiger partial charge in [-0.15, -0.1) is 11.8 Å². The minimum atomic E-state index is -0.569. The van der Waals surface area contributed by atoms with E-state index in [4.69, 9.17) is 4.74 Å². The number of aliphatic hydroxyl groups excluding tert-OH is 1. The Morgan fingerprint density at radius 2 is 2.17 bits per heavy atom. The Hall–Kier alpha value is -0.640. The summed E-state index contributed by atoms with van der Waals surface area (Å²) >= 11 is 1.22. The number of ether oxygens (including phenoxy) is 1. The van der Waals surface area contributed by atoms with Crippen molar-refractivity contribution >= 4 is 17.7 Å². The molecule has 0 aromatic heterocycles. The highest BCUT2D eigenvalue weighted by atomic mass is 32.2. The Morgan fingerprint density at radius 3 is 2.58 bits per heavy atom. The zero-order valence-electron chi connectivity index (χ0n) is 7.38. The van der Waals surface area contributed by atoms with Gasteiger partial charge in [-0.1, -0.05) is 0 Å². The van der Waals surface area contributed by atoms with Crippen LogP contribution in [0.1, 0.15) is 20.3 Å². The fourth-order valence-electron chi connectivity index (χ4n) is 1.14. The highest BCUT2D eigenvalue weighted by Gasteiger charge is 2.33. The fourth-order valence-corrected chi connectivity index (χ4v) is 1.65. The van der Waals surface area contributed by atoms with Crippen LogP contribution < -0.4 is 0 Å². The molecule has 0 aromatic rings. The van der Waals surface area contributed by atoms with Gasteiger partial charge in [0.05, 0.1) is 0 Å². The number of hydrogen-bond donors (Lipinski definition) is 1. The van der Waals surface area contributed by atoms with Crippen LogP contribution in [-0.4, -0.2) is 22.9 Å². The van der Waals surface area contributed by atoms with E-state index >= 15 is 0 Å². The molecule has 0 unspecified atom stereocenters. The van der Waals surface area contributed by atoms with E-state index in [0.29, 0.717) is 11.3 Å². The summed E-state index contributed by atoms with van der Waals surface area (Å²) in [4.78, 5) is 11.5. The molecule has 1 N–H and O–H groups in total. The molecule has 0 saturated heterocycles. The lowest BCUT2D eigenvalue weighted by Crippen LogP contribution is -2.33. The van der Waals surface area contributed by atoms with Gasteiger partial charge < -0.3 is 9.84 Å². The average Bonchev–Trinajstić information content (AvgIpc) is 1.82. The summed E-state index contributed by atoms with van der Waals surface area (Å²) in [6.45, 7) is 3.55. The second kappa shape index (κ2) is 3.01. The van der Waals surface area contributed by atoms with E-state index in [0.717, 1.165) is 0 Å². The number of hydrogen-bond acceptors (Lipinski definition) is 4. The molecule has 0 aromatic carbocycles. The summed E-state index contributed by atoms with van der Waals surface area (Å²) < 4.78 is 5.07. The van der Waals surface area contributed by atoms with Crippen LogP contribution in [0.4, 0.5) is 0 Å². The summed E-state index contributed by atoms with van der Waals surface area (Å²) in [6, 6.07) is 0. The summed E-state index contributed by atoms with van der Waals surface area (Å²) in [7, 11) is 0. The molecule has 1 rings (SSSR count).